The highest BCUT2D eigenvalue weighted by Crippen LogP contribution is 2.24. The zero-order valence-electron chi connectivity index (χ0n) is 15.3. The monoisotopic (exact) mass is 355 g/mol. The van der Waals surface area contributed by atoms with E-state index in [1.165, 1.54) is 40.8 Å². The molecule has 1 heterocycles. The summed E-state index contributed by atoms with van der Waals surface area (Å²) in [4.78, 5) is 24.3. The number of carbonyl (C=O) groups is 1. The molecule has 1 aromatic heterocycles. The predicted molar refractivity (Wildman–Crippen MR) is 99.3 cm³/mol. The smallest absolute Gasteiger partial charge is 0.272 e. The second-order valence-corrected chi connectivity index (χ2v) is 6.70. The van der Waals surface area contributed by atoms with Gasteiger partial charge in [-0.2, -0.15) is 5.10 Å². The van der Waals surface area contributed by atoms with E-state index in [1.807, 2.05) is 6.92 Å². The molecule has 26 heavy (non-hydrogen) atoms. The highest BCUT2D eigenvalue weighted by Gasteiger charge is 2.16. The number of nitrogens with zero attached hydrogens (tertiary/aromatic N) is 2. The number of benzene rings is 1. The van der Waals surface area contributed by atoms with Gasteiger partial charge in [-0.05, 0) is 55.4 Å². The van der Waals surface area contributed by atoms with E-state index in [0.717, 1.165) is 18.4 Å². The zero-order chi connectivity index (χ0) is 18.5. The van der Waals surface area contributed by atoms with Crippen LogP contribution >= 0.6 is 0 Å². The summed E-state index contributed by atoms with van der Waals surface area (Å²) < 4.78 is 6.22. The Bertz CT molecular complexity index is 844. The topological polar surface area (TPSA) is 73.2 Å². The SMILES string of the molecule is COCCn1nc(C(=O)NC(C)c2ccc3c(c2)CCCC3)ccc1=O. The summed E-state index contributed by atoms with van der Waals surface area (Å²) in [6, 6.07) is 9.15. The molecule has 0 aliphatic heterocycles. The van der Waals surface area contributed by atoms with Crippen molar-refractivity contribution in [3.8, 4) is 0 Å². The lowest BCUT2D eigenvalue weighted by molar-refractivity contribution is 0.0931. The molecule has 1 aliphatic rings. The van der Waals surface area contributed by atoms with Crippen LogP contribution in [-0.4, -0.2) is 29.4 Å². The van der Waals surface area contributed by atoms with Crippen LogP contribution < -0.4 is 10.9 Å². The van der Waals surface area contributed by atoms with E-state index in [-0.39, 0.29) is 23.2 Å². The van der Waals surface area contributed by atoms with E-state index in [9.17, 15) is 9.59 Å². The number of carbonyl (C=O) groups excluding carboxylic acids is 1. The third-order valence-corrected chi connectivity index (χ3v) is 4.83. The number of hydrogen-bond donors (Lipinski definition) is 1. The van der Waals surface area contributed by atoms with Crippen molar-refractivity contribution in [2.75, 3.05) is 13.7 Å². The minimum absolute atomic E-state index is 0.129. The van der Waals surface area contributed by atoms with Crippen LogP contribution in [0.25, 0.3) is 0 Å². The lowest BCUT2D eigenvalue weighted by Gasteiger charge is -2.20. The quantitative estimate of drug-likeness (QED) is 0.863. The molecule has 0 saturated heterocycles. The molecule has 1 amide bonds. The molecule has 0 fully saturated rings. The van der Waals surface area contributed by atoms with E-state index in [2.05, 4.69) is 28.6 Å². The summed E-state index contributed by atoms with van der Waals surface area (Å²) in [7, 11) is 1.56. The number of nitrogens with one attached hydrogen (secondary N) is 1. The average Bonchev–Trinajstić information content (AvgIpc) is 2.66. The Hall–Kier alpha value is -2.47. The Morgan fingerprint density at radius 3 is 2.77 bits per heavy atom. The number of fused-ring (bicyclic) bond motifs is 1. The molecule has 0 radical (unpaired) electrons. The maximum absolute atomic E-state index is 12.5. The van der Waals surface area contributed by atoms with Gasteiger partial charge in [0.15, 0.2) is 0 Å². The second-order valence-electron chi connectivity index (χ2n) is 6.70. The van der Waals surface area contributed by atoms with Crippen LogP contribution in [0.5, 0.6) is 0 Å². The molecule has 1 atom stereocenters. The Morgan fingerprint density at radius 1 is 1.23 bits per heavy atom. The van der Waals surface area contributed by atoms with Gasteiger partial charge >= 0.3 is 0 Å². The maximum Gasteiger partial charge on any atom is 0.272 e. The lowest BCUT2D eigenvalue weighted by atomic mass is 9.89. The second kappa shape index (κ2) is 8.27. The highest BCUT2D eigenvalue weighted by atomic mass is 16.5. The molecule has 1 aromatic carbocycles. The molecule has 0 saturated carbocycles. The molecule has 138 valence electrons. The summed E-state index contributed by atoms with van der Waals surface area (Å²) in [5.74, 6) is -0.290. The van der Waals surface area contributed by atoms with Gasteiger partial charge in [0.05, 0.1) is 19.2 Å². The maximum atomic E-state index is 12.5. The lowest BCUT2D eigenvalue weighted by Crippen LogP contribution is -2.31. The molecule has 1 N–H and O–H groups in total. The number of hydrogen-bond acceptors (Lipinski definition) is 4. The van der Waals surface area contributed by atoms with Crippen LogP contribution in [0.4, 0.5) is 0 Å². The number of ether oxygens (including phenoxy) is 1. The fourth-order valence-corrected chi connectivity index (χ4v) is 3.28. The predicted octanol–water partition coefficient (Wildman–Crippen LogP) is 2.26. The van der Waals surface area contributed by atoms with Gasteiger partial charge in [-0.25, -0.2) is 4.68 Å². The van der Waals surface area contributed by atoms with Gasteiger partial charge in [0.1, 0.15) is 5.69 Å². The summed E-state index contributed by atoms with van der Waals surface area (Å²) in [6.07, 6.45) is 4.73. The molecule has 2 aromatic rings. The first-order valence-corrected chi connectivity index (χ1v) is 9.08. The number of amides is 1. The fraction of sp³-hybridized carbons (Fsp3) is 0.450. The van der Waals surface area contributed by atoms with Gasteiger partial charge in [0.2, 0.25) is 0 Å². The first kappa shape index (κ1) is 18.3. The summed E-state index contributed by atoms with van der Waals surface area (Å²) >= 11 is 0. The van der Waals surface area contributed by atoms with Gasteiger partial charge < -0.3 is 10.1 Å². The number of methoxy groups -OCH3 is 1. The molecule has 0 bridgehead atoms. The molecule has 1 unspecified atom stereocenters. The summed E-state index contributed by atoms with van der Waals surface area (Å²) in [5, 5.41) is 7.11. The molecular weight excluding hydrogens is 330 g/mol. The fourth-order valence-electron chi connectivity index (χ4n) is 3.28. The van der Waals surface area contributed by atoms with E-state index in [0.29, 0.717) is 13.2 Å². The number of aryl methyl sites for hydroxylation is 2. The molecular formula is C20H25N3O3. The Labute approximate surface area is 153 Å². The Balaban J connectivity index is 1.72. The van der Waals surface area contributed by atoms with Crippen LogP contribution in [0.2, 0.25) is 0 Å². The van der Waals surface area contributed by atoms with E-state index >= 15 is 0 Å². The molecule has 6 nitrogen and oxygen atoms in total. The van der Waals surface area contributed by atoms with Crippen molar-refractivity contribution in [1.82, 2.24) is 15.1 Å². The van der Waals surface area contributed by atoms with Crippen LogP contribution in [-0.2, 0) is 24.1 Å². The van der Waals surface area contributed by atoms with Crippen molar-refractivity contribution < 1.29 is 9.53 Å². The minimum Gasteiger partial charge on any atom is -0.383 e. The van der Waals surface area contributed by atoms with Crippen molar-refractivity contribution in [1.29, 1.82) is 0 Å². The third kappa shape index (κ3) is 4.19. The first-order valence-electron chi connectivity index (χ1n) is 9.08. The average molecular weight is 355 g/mol. The minimum atomic E-state index is -0.290. The summed E-state index contributed by atoms with van der Waals surface area (Å²) in [5.41, 5.74) is 3.88. The van der Waals surface area contributed by atoms with Gasteiger partial charge in [0.25, 0.3) is 11.5 Å². The van der Waals surface area contributed by atoms with Crippen molar-refractivity contribution >= 4 is 5.91 Å². The van der Waals surface area contributed by atoms with Crippen LogP contribution in [0, 0.1) is 0 Å². The molecule has 3 rings (SSSR count). The normalized spacial score (nSPS) is 14.5. The van der Waals surface area contributed by atoms with Crippen molar-refractivity contribution in [2.45, 2.75) is 45.2 Å². The van der Waals surface area contributed by atoms with Gasteiger partial charge in [0, 0.05) is 13.2 Å². The highest BCUT2D eigenvalue weighted by molar-refractivity contribution is 5.92. The van der Waals surface area contributed by atoms with Gasteiger partial charge in [-0.3, -0.25) is 9.59 Å². The van der Waals surface area contributed by atoms with Gasteiger partial charge in [-0.1, -0.05) is 18.2 Å². The van der Waals surface area contributed by atoms with Crippen LogP contribution in [0.1, 0.15) is 53.0 Å². The molecule has 0 spiro atoms. The number of rotatable bonds is 6. The van der Waals surface area contributed by atoms with Crippen molar-refractivity contribution in [3.63, 3.8) is 0 Å². The number of aromatic nitrogens is 2. The van der Waals surface area contributed by atoms with E-state index in [4.69, 9.17) is 4.74 Å². The third-order valence-electron chi connectivity index (χ3n) is 4.83. The molecule has 6 heteroatoms. The first-order chi connectivity index (χ1) is 12.6. The van der Waals surface area contributed by atoms with Crippen molar-refractivity contribution in [2.24, 2.45) is 0 Å². The standard InChI is InChI=1S/C20H25N3O3/c1-14(16-8-7-15-5-3-4-6-17(15)13-16)21-20(25)18-9-10-19(24)23(22-18)11-12-26-2/h7-10,13-14H,3-6,11-12H2,1-2H3,(H,21,25). The van der Waals surface area contributed by atoms with E-state index in [1.54, 1.807) is 7.11 Å². The van der Waals surface area contributed by atoms with Crippen LogP contribution in [0.3, 0.4) is 0 Å². The Kier molecular flexibility index (Phi) is 5.83. The Morgan fingerprint density at radius 2 is 2.00 bits per heavy atom. The zero-order valence-corrected chi connectivity index (χ0v) is 15.3. The molecule has 1 aliphatic carbocycles. The largest absolute Gasteiger partial charge is 0.383 e. The van der Waals surface area contributed by atoms with Gasteiger partial charge in [-0.15, -0.1) is 0 Å². The summed E-state index contributed by atoms with van der Waals surface area (Å²) in [6.45, 7) is 2.64. The van der Waals surface area contributed by atoms with Crippen molar-refractivity contribution in [3.05, 3.63) is 63.1 Å². The van der Waals surface area contributed by atoms with Crippen LogP contribution in [0.15, 0.2) is 35.1 Å². The van der Waals surface area contributed by atoms with E-state index < -0.39 is 0 Å².